The largest absolute Gasteiger partial charge is 0.396 e. The van der Waals surface area contributed by atoms with Crippen molar-refractivity contribution in [1.82, 2.24) is 4.98 Å². The van der Waals surface area contributed by atoms with Crippen LogP contribution in [0.5, 0.6) is 0 Å². The number of anilines is 3. The van der Waals surface area contributed by atoms with E-state index in [1.54, 1.807) is 18.3 Å². The highest BCUT2D eigenvalue weighted by atomic mass is 19.1. The summed E-state index contributed by atoms with van der Waals surface area (Å²) in [7, 11) is 0. The lowest BCUT2D eigenvalue weighted by Gasteiger charge is -2.10. The van der Waals surface area contributed by atoms with E-state index in [1.807, 2.05) is 6.07 Å². The Morgan fingerprint density at radius 3 is 2.82 bits per heavy atom. The Morgan fingerprint density at radius 1 is 1.29 bits per heavy atom. The molecule has 5 heteroatoms. The van der Waals surface area contributed by atoms with Crippen LogP contribution in [0.15, 0.2) is 36.7 Å². The molecule has 0 atom stereocenters. The highest BCUT2D eigenvalue weighted by Gasteiger charge is 2.08. The first-order valence-electron chi connectivity index (χ1n) is 4.87. The fraction of sp³-hybridized carbons (Fsp3) is 0. The molecule has 1 aromatic heterocycles. The van der Waals surface area contributed by atoms with E-state index >= 15 is 0 Å². The summed E-state index contributed by atoms with van der Waals surface area (Å²) >= 11 is 0. The molecule has 0 aliphatic rings. The molecule has 0 spiro atoms. The highest BCUT2D eigenvalue weighted by molar-refractivity contribution is 5.74. The zero-order chi connectivity index (χ0) is 12.3. The number of halogens is 1. The first kappa shape index (κ1) is 10.9. The van der Waals surface area contributed by atoms with Crippen LogP contribution in [0.3, 0.4) is 0 Å². The van der Waals surface area contributed by atoms with Gasteiger partial charge in [0.1, 0.15) is 17.4 Å². The van der Waals surface area contributed by atoms with Crippen LogP contribution in [0, 0.1) is 17.1 Å². The molecule has 2 aromatic rings. The van der Waals surface area contributed by atoms with E-state index in [-0.39, 0.29) is 5.56 Å². The number of nitrogens with zero attached hydrogens (tertiary/aromatic N) is 2. The maximum Gasteiger partial charge on any atom is 0.143 e. The lowest BCUT2D eigenvalue weighted by molar-refractivity contribution is 0.624. The second kappa shape index (κ2) is 4.49. The van der Waals surface area contributed by atoms with Gasteiger partial charge in [0.25, 0.3) is 0 Å². The minimum Gasteiger partial charge on any atom is -0.396 e. The van der Waals surface area contributed by atoms with Crippen LogP contribution in [0.2, 0.25) is 0 Å². The molecule has 1 heterocycles. The molecule has 84 valence electrons. The number of rotatable bonds is 2. The summed E-state index contributed by atoms with van der Waals surface area (Å²) in [4.78, 5) is 3.84. The van der Waals surface area contributed by atoms with Crippen molar-refractivity contribution in [2.45, 2.75) is 0 Å². The van der Waals surface area contributed by atoms with Crippen LogP contribution in [-0.4, -0.2) is 4.98 Å². The van der Waals surface area contributed by atoms with Gasteiger partial charge in [-0.25, -0.2) is 4.39 Å². The number of hydrogen-bond acceptors (Lipinski definition) is 4. The molecule has 3 N–H and O–H groups in total. The molecule has 0 unspecified atom stereocenters. The minimum atomic E-state index is -0.565. The monoisotopic (exact) mass is 228 g/mol. The van der Waals surface area contributed by atoms with Crippen molar-refractivity contribution in [3.8, 4) is 6.07 Å². The van der Waals surface area contributed by atoms with E-state index < -0.39 is 5.82 Å². The van der Waals surface area contributed by atoms with Crippen LogP contribution in [0.1, 0.15) is 5.56 Å². The zero-order valence-corrected chi connectivity index (χ0v) is 8.81. The van der Waals surface area contributed by atoms with Gasteiger partial charge in [0.05, 0.1) is 23.3 Å². The van der Waals surface area contributed by atoms with Gasteiger partial charge in [-0.15, -0.1) is 0 Å². The zero-order valence-electron chi connectivity index (χ0n) is 8.81. The lowest BCUT2D eigenvalue weighted by atomic mass is 10.1. The summed E-state index contributed by atoms with van der Waals surface area (Å²) in [6, 6.07) is 7.84. The van der Waals surface area contributed by atoms with E-state index in [0.717, 1.165) is 0 Å². The Hall–Kier alpha value is -2.61. The van der Waals surface area contributed by atoms with Crippen molar-refractivity contribution in [3.05, 3.63) is 48.0 Å². The minimum absolute atomic E-state index is 0.0382. The molecule has 0 aliphatic heterocycles. The molecular weight excluding hydrogens is 219 g/mol. The smallest absolute Gasteiger partial charge is 0.143 e. The predicted octanol–water partition coefficient (Wildman–Crippen LogP) is 2.42. The Morgan fingerprint density at radius 2 is 2.12 bits per heavy atom. The molecule has 17 heavy (non-hydrogen) atoms. The number of nitrogens with one attached hydrogen (secondary N) is 1. The summed E-state index contributed by atoms with van der Waals surface area (Å²) in [6.45, 7) is 0. The van der Waals surface area contributed by atoms with Gasteiger partial charge >= 0.3 is 0 Å². The van der Waals surface area contributed by atoms with Gasteiger partial charge in [-0.2, -0.15) is 5.26 Å². The van der Waals surface area contributed by atoms with Crippen LogP contribution in [0.4, 0.5) is 21.5 Å². The summed E-state index contributed by atoms with van der Waals surface area (Å²) in [6.07, 6.45) is 3.04. The van der Waals surface area contributed by atoms with Crippen molar-refractivity contribution in [2.24, 2.45) is 0 Å². The van der Waals surface area contributed by atoms with E-state index in [2.05, 4.69) is 10.3 Å². The van der Waals surface area contributed by atoms with Crippen LogP contribution in [-0.2, 0) is 0 Å². The van der Waals surface area contributed by atoms with Gasteiger partial charge < -0.3 is 11.1 Å². The topological polar surface area (TPSA) is 74.7 Å². The van der Waals surface area contributed by atoms with Crippen LogP contribution >= 0.6 is 0 Å². The normalized spacial score (nSPS) is 9.65. The van der Waals surface area contributed by atoms with Crippen molar-refractivity contribution >= 4 is 17.1 Å². The maximum atomic E-state index is 13.3. The number of pyridine rings is 1. The van der Waals surface area contributed by atoms with E-state index in [1.165, 1.54) is 18.3 Å². The molecule has 1 aromatic carbocycles. The molecule has 0 bridgehead atoms. The molecule has 0 saturated carbocycles. The average molecular weight is 228 g/mol. The van der Waals surface area contributed by atoms with Gasteiger partial charge in [-0.05, 0) is 18.2 Å². The Bertz CT molecular complexity index is 589. The number of nitriles is 1. The third kappa shape index (κ3) is 2.16. The Balaban J connectivity index is 2.41. The van der Waals surface area contributed by atoms with Gasteiger partial charge in [-0.1, -0.05) is 6.07 Å². The lowest BCUT2D eigenvalue weighted by Crippen LogP contribution is -1.99. The van der Waals surface area contributed by atoms with Crippen molar-refractivity contribution in [1.29, 1.82) is 5.26 Å². The second-order valence-electron chi connectivity index (χ2n) is 3.36. The fourth-order valence-corrected chi connectivity index (χ4v) is 1.41. The molecule has 2 rings (SSSR count). The Kier molecular flexibility index (Phi) is 2.88. The number of nitrogens with two attached hydrogens (primary N) is 1. The first-order chi connectivity index (χ1) is 8.22. The standard InChI is InChI=1S/C12H9FN4/c13-9-2-1-3-11(8(9)6-14)17-12-4-5-16-7-10(12)15/h1-5,7H,15H2,(H,16,17). The predicted molar refractivity (Wildman–Crippen MR) is 63.0 cm³/mol. The Labute approximate surface area is 97.5 Å². The first-order valence-corrected chi connectivity index (χ1v) is 4.87. The average Bonchev–Trinajstić information content (AvgIpc) is 2.32. The number of nitrogen functional groups attached to an aromatic ring is 1. The third-order valence-corrected chi connectivity index (χ3v) is 2.25. The number of aromatic nitrogens is 1. The van der Waals surface area contributed by atoms with Gasteiger partial charge in [0.15, 0.2) is 0 Å². The molecule has 0 amide bonds. The number of hydrogen-bond donors (Lipinski definition) is 2. The SMILES string of the molecule is N#Cc1c(F)cccc1Nc1ccncc1N. The molecule has 4 nitrogen and oxygen atoms in total. The van der Waals surface area contributed by atoms with Gasteiger partial charge in [-0.3, -0.25) is 4.98 Å². The van der Waals surface area contributed by atoms with Crippen LogP contribution < -0.4 is 11.1 Å². The third-order valence-electron chi connectivity index (χ3n) is 2.25. The van der Waals surface area contributed by atoms with Gasteiger partial charge in [0, 0.05) is 6.20 Å². The van der Waals surface area contributed by atoms with Crippen molar-refractivity contribution in [2.75, 3.05) is 11.1 Å². The summed E-state index contributed by atoms with van der Waals surface area (Å²) in [5.74, 6) is -0.565. The fourth-order valence-electron chi connectivity index (χ4n) is 1.41. The van der Waals surface area contributed by atoms with E-state index in [4.69, 9.17) is 11.0 Å². The molecule has 0 aliphatic carbocycles. The quantitative estimate of drug-likeness (QED) is 0.827. The molecule has 0 radical (unpaired) electrons. The van der Waals surface area contributed by atoms with Gasteiger partial charge in [0.2, 0.25) is 0 Å². The molecule has 0 fully saturated rings. The van der Waals surface area contributed by atoms with Crippen molar-refractivity contribution < 1.29 is 4.39 Å². The number of benzene rings is 1. The molecule has 0 saturated heterocycles. The van der Waals surface area contributed by atoms with E-state index in [9.17, 15) is 4.39 Å². The highest BCUT2D eigenvalue weighted by Crippen LogP contribution is 2.25. The van der Waals surface area contributed by atoms with E-state index in [0.29, 0.717) is 17.1 Å². The summed E-state index contributed by atoms with van der Waals surface area (Å²) < 4.78 is 13.3. The maximum absolute atomic E-state index is 13.3. The second-order valence-corrected chi connectivity index (χ2v) is 3.36. The van der Waals surface area contributed by atoms with Crippen molar-refractivity contribution in [3.63, 3.8) is 0 Å². The van der Waals surface area contributed by atoms with Crippen LogP contribution in [0.25, 0.3) is 0 Å². The molecular formula is C12H9FN4. The summed E-state index contributed by atoms with van der Waals surface area (Å²) in [5.41, 5.74) is 7.05. The summed E-state index contributed by atoms with van der Waals surface area (Å²) in [5, 5.41) is 11.8.